The Morgan fingerprint density at radius 3 is 2.53 bits per heavy atom. The lowest BCUT2D eigenvalue weighted by Crippen LogP contribution is -2.22. The first kappa shape index (κ1) is 17.2. The summed E-state index contributed by atoms with van der Waals surface area (Å²) in [5, 5.41) is 7.32. The van der Waals surface area contributed by atoms with Crippen molar-refractivity contribution in [1.29, 1.82) is 5.26 Å². The molecule has 5 nitrogen and oxygen atoms in total. The van der Waals surface area contributed by atoms with Crippen molar-refractivity contribution < 1.29 is 4.74 Å². The van der Waals surface area contributed by atoms with Crippen molar-refractivity contribution in [2.24, 2.45) is 0 Å². The maximum atomic E-state index is 7.32. The Hall–Kier alpha value is -1.80. The van der Waals surface area contributed by atoms with Gasteiger partial charge in [0.1, 0.15) is 5.82 Å². The fourth-order valence-corrected chi connectivity index (χ4v) is 1.71. The second-order valence-electron chi connectivity index (χ2n) is 3.77. The molecule has 0 saturated carbocycles. The average Bonchev–Trinajstić information content (AvgIpc) is 2.92. The summed E-state index contributed by atoms with van der Waals surface area (Å²) in [5.41, 5.74) is 6.28. The van der Waals surface area contributed by atoms with Gasteiger partial charge in [0.15, 0.2) is 0 Å². The summed E-state index contributed by atoms with van der Waals surface area (Å²) in [6.45, 7) is 7.36. The Bertz CT molecular complexity index is 372. The smallest absolute Gasteiger partial charge is 0.128 e. The molecule has 1 fully saturated rings. The summed E-state index contributed by atoms with van der Waals surface area (Å²) in [6, 6.07) is 5.58. The molecule has 0 aromatic carbocycles. The number of hydrogen-bond acceptors (Lipinski definition) is 5. The lowest BCUT2D eigenvalue weighted by molar-refractivity contribution is 0.121. The van der Waals surface area contributed by atoms with E-state index in [0.29, 0.717) is 11.8 Å². The molecule has 0 bridgehead atoms. The molecule has 2 rings (SSSR count). The Balaban J connectivity index is 0.000000573. The molecule has 19 heavy (non-hydrogen) atoms. The largest absolute Gasteiger partial charge is 0.397 e. The minimum Gasteiger partial charge on any atom is -0.397 e. The Labute approximate surface area is 116 Å². The first-order valence-electron chi connectivity index (χ1n) is 6.51. The number of anilines is 2. The number of pyridine rings is 1. The number of rotatable bonds is 2. The van der Waals surface area contributed by atoms with E-state index in [4.69, 9.17) is 15.7 Å². The van der Waals surface area contributed by atoms with Gasteiger partial charge in [-0.1, -0.05) is 13.8 Å². The van der Waals surface area contributed by atoms with Gasteiger partial charge < -0.3 is 15.4 Å². The molecule has 0 amide bonds. The van der Waals surface area contributed by atoms with Gasteiger partial charge in [-0.05, 0) is 18.6 Å². The third kappa shape index (κ3) is 6.07. The van der Waals surface area contributed by atoms with Gasteiger partial charge in [0.2, 0.25) is 0 Å². The number of nitriles is 1. The summed E-state index contributed by atoms with van der Waals surface area (Å²) < 4.78 is 5.29. The van der Waals surface area contributed by atoms with Crippen LogP contribution in [0.4, 0.5) is 11.5 Å². The van der Waals surface area contributed by atoms with Gasteiger partial charge in [-0.2, -0.15) is 5.26 Å². The van der Waals surface area contributed by atoms with Crippen molar-refractivity contribution in [2.75, 3.05) is 30.8 Å². The minimum absolute atomic E-state index is 0.342. The van der Waals surface area contributed by atoms with Crippen LogP contribution in [0.25, 0.3) is 0 Å². The first-order valence-corrected chi connectivity index (χ1v) is 6.51. The predicted molar refractivity (Wildman–Crippen MR) is 78.9 cm³/mol. The quantitative estimate of drug-likeness (QED) is 0.888. The summed E-state index contributed by atoms with van der Waals surface area (Å²) in [4.78, 5) is 6.49. The highest BCUT2D eigenvalue weighted by molar-refractivity contribution is 5.46. The van der Waals surface area contributed by atoms with Crippen molar-refractivity contribution >= 4 is 11.5 Å². The van der Waals surface area contributed by atoms with E-state index in [9.17, 15) is 0 Å². The molecule has 0 aliphatic carbocycles. The van der Waals surface area contributed by atoms with Crippen molar-refractivity contribution in [1.82, 2.24) is 4.98 Å². The van der Waals surface area contributed by atoms with Crippen LogP contribution in [0.1, 0.15) is 27.2 Å². The predicted octanol–water partition coefficient (Wildman–Crippen LogP) is 2.44. The van der Waals surface area contributed by atoms with Gasteiger partial charge in [0, 0.05) is 27.1 Å². The zero-order chi connectivity index (χ0) is 14.7. The van der Waals surface area contributed by atoms with E-state index < -0.39 is 0 Å². The van der Waals surface area contributed by atoms with E-state index >= 15 is 0 Å². The molecule has 1 saturated heterocycles. The topological polar surface area (TPSA) is 75.2 Å². The summed E-state index contributed by atoms with van der Waals surface area (Å²) in [5.74, 6) is 0.985. The zero-order valence-electron chi connectivity index (χ0n) is 12.3. The van der Waals surface area contributed by atoms with Crippen LogP contribution >= 0.6 is 0 Å². The fourth-order valence-electron chi connectivity index (χ4n) is 1.71. The second kappa shape index (κ2) is 10.2. The number of ether oxygens (including phenoxy) is 1. The molecular weight excluding hydrogens is 240 g/mol. The highest BCUT2D eigenvalue weighted by Crippen LogP contribution is 2.19. The van der Waals surface area contributed by atoms with Crippen LogP contribution < -0.4 is 10.6 Å². The molecule has 5 heteroatoms. The van der Waals surface area contributed by atoms with Gasteiger partial charge in [-0.25, -0.2) is 4.98 Å². The van der Waals surface area contributed by atoms with E-state index in [-0.39, 0.29) is 0 Å². The van der Waals surface area contributed by atoms with Crippen LogP contribution in [0.3, 0.4) is 0 Å². The van der Waals surface area contributed by atoms with Gasteiger partial charge >= 0.3 is 0 Å². The number of nitrogens with two attached hydrogens (primary N) is 1. The Morgan fingerprint density at radius 1 is 1.47 bits per heavy atom. The van der Waals surface area contributed by atoms with Crippen molar-refractivity contribution in [3.8, 4) is 6.07 Å². The summed E-state index contributed by atoms with van der Waals surface area (Å²) in [7, 11) is 1.75. The second-order valence-corrected chi connectivity index (χ2v) is 3.77. The molecule has 1 atom stereocenters. The molecule has 1 aliphatic rings. The summed E-state index contributed by atoms with van der Waals surface area (Å²) >= 11 is 0. The fraction of sp³-hybridized carbons (Fsp3) is 0.571. The zero-order valence-corrected chi connectivity index (χ0v) is 12.3. The molecule has 1 aliphatic heterocycles. The molecule has 1 aromatic rings. The molecule has 1 unspecified atom stereocenters. The molecule has 0 radical (unpaired) electrons. The van der Waals surface area contributed by atoms with E-state index in [1.807, 2.05) is 26.0 Å². The lowest BCUT2D eigenvalue weighted by Gasteiger charge is -2.16. The van der Waals surface area contributed by atoms with Crippen molar-refractivity contribution in [3.05, 3.63) is 18.3 Å². The first-order chi connectivity index (χ1) is 9.21. The minimum atomic E-state index is 0.342. The number of nitrogens with zero attached hydrogens (tertiary/aromatic N) is 3. The van der Waals surface area contributed by atoms with Crippen LogP contribution in [0.2, 0.25) is 0 Å². The maximum Gasteiger partial charge on any atom is 0.128 e. The third-order valence-electron chi connectivity index (χ3n) is 2.57. The van der Waals surface area contributed by atoms with Crippen LogP contribution in [-0.4, -0.2) is 31.3 Å². The normalized spacial score (nSPS) is 16.6. The molecule has 106 valence electrons. The Morgan fingerprint density at radius 2 is 2.11 bits per heavy atom. The van der Waals surface area contributed by atoms with Gasteiger partial charge in [0.25, 0.3) is 0 Å². The molecule has 2 heterocycles. The number of hydrogen-bond donors (Lipinski definition) is 1. The summed E-state index contributed by atoms with van der Waals surface area (Å²) in [6.07, 6.45) is 3.10. The number of nitrogen functional groups attached to an aromatic ring is 1. The van der Waals surface area contributed by atoms with Crippen LogP contribution in [-0.2, 0) is 4.74 Å². The molecule has 2 N–H and O–H groups in total. The third-order valence-corrected chi connectivity index (χ3v) is 2.57. The maximum absolute atomic E-state index is 7.32. The monoisotopic (exact) mass is 264 g/mol. The standard InChI is InChI=1S/C10H15N3O.C2H3N.C2H6/c1-14-9-4-5-13(7-9)10-3-2-8(11)6-12-10;1-2-3;1-2/h2-3,6,9H,4-5,7,11H2,1H3;1H3;1-2H3. The average molecular weight is 264 g/mol. The van der Waals surface area contributed by atoms with Gasteiger partial charge in [-0.15, -0.1) is 0 Å². The van der Waals surface area contributed by atoms with E-state index in [2.05, 4.69) is 9.88 Å². The number of methoxy groups -OCH3 is 1. The van der Waals surface area contributed by atoms with Gasteiger partial charge in [-0.3, -0.25) is 0 Å². The van der Waals surface area contributed by atoms with Crippen LogP contribution in [0, 0.1) is 11.3 Å². The lowest BCUT2D eigenvalue weighted by atomic mass is 10.3. The number of aromatic nitrogens is 1. The van der Waals surface area contributed by atoms with E-state index in [1.54, 1.807) is 19.4 Å². The highest BCUT2D eigenvalue weighted by Gasteiger charge is 2.22. The van der Waals surface area contributed by atoms with E-state index in [1.165, 1.54) is 6.92 Å². The van der Waals surface area contributed by atoms with Crippen LogP contribution in [0.5, 0.6) is 0 Å². The SMILES string of the molecule is CC.CC#N.COC1CCN(c2ccc(N)cn2)C1. The van der Waals surface area contributed by atoms with Crippen LogP contribution in [0.15, 0.2) is 18.3 Å². The van der Waals surface area contributed by atoms with Gasteiger partial charge in [0.05, 0.1) is 24.1 Å². The molecule has 1 aromatic heterocycles. The molecule has 0 spiro atoms. The van der Waals surface area contributed by atoms with Crippen molar-refractivity contribution in [3.63, 3.8) is 0 Å². The van der Waals surface area contributed by atoms with E-state index in [0.717, 1.165) is 25.3 Å². The Kier molecular flexibility index (Phi) is 9.19. The highest BCUT2D eigenvalue weighted by atomic mass is 16.5. The van der Waals surface area contributed by atoms with Crippen molar-refractivity contribution in [2.45, 2.75) is 33.3 Å². The molecular formula is C14H24N4O.